The number of carbonyl (C=O) groups excluding carboxylic acids is 1. The Labute approximate surface area is 123 Å². The second-order valence-corrected chi connectivity index (χ2v) is 6.61. The zero-order chi connectivity index (χ0) is 14.7. The number of hydrogen-bond donors (Lipinski definition) is 3. The molecule has 3 N–H and O–H groups in total. The van der Waals surface area contributed by atoms with Crippen LogP contribution in [0.3, 0.4) is 0 Å². The fourth-order valence-corrected chi connectivity index (χ4v) is 3.38. The molecule has 0 bridgehead atoms. The minimum atomic E-state index is -0.749. The molecule has 6 heteroatoms. The minimum Gasteiger partial charge on any atom is -0.389 e. The number of hydrogen-bond acceptors (Lipinski definition) is 5. The lowest BCUT2D eigenvalue weighted by atomic mass is 10.0. The maximum absolute atomic E-state index is 12.1. The predicted octanol–water partition coefficient (Wildman–Crippen LogP) is 0.599. The Bertz CT molecular complexity index is 426. The Morgan fingerprint density at radius 2 is 2.10 bits per heavy atom. The van der Waals surface area contributed by atoms with Gasteiger partial charge in [0.05, 0.1) is 24.8 Å². The summed E-state index contributed by atoms with van der Waals surface area (Å²) in [5.41, 5.74) is 0. The van der Waals surface area contributed by atoms with Crippen molar-refractivity contribution in [3.05, 3.63) is 22.4 Å². The van der Waals surface area contributed by atoms with Crippen LogP contribution >= 0.6 is 11.3 Å². The van der Waals surface area contributed by atoms with Crippen LogP contribution in [0.25, 0.3) is 0 Å². The maximum Gasteiger partial charge on any atom is 0.234 e. The third kappa shape index (κ3) is 3.79. The van der Waals surface area contributed by atoms with E-state index < -0.39 is 12.2 Å². The molecule has 0 spiro atoms. The highest BCUT2D eigenvalue weighted by atomic mass is 32.1. The molecule has 0 aliphatic carbocycles. The number of nitrogens with one attached hydrogen (secondary N) is 1. The first-order valence-electron chi connectivity index (χ1n) is 6.88. The average molecular weight is 298 g/mol. The van der Waals surface area contributed by atoms with Crippen molar-refractivity contribution >= 4 is 17.2 Å². The van der Waals surface area contributed by atoms with Gasteiger partial charge < -0.3 is 15.5 Å². The highest BCUT2D eigenvalue weighted by Gasteiger charge is 2.31. The van der Waals surface area contributed by atoms with E-state index in [2.05, 4.69) is 19.2 Å². The van der Waals surface area contributed by atoms with Crippen molar-refractivity contribution in [3.63, 3.8) is 0 Å². The van der Waals surface area contributed by atoms with Crippen molar-refractivity contribution in [2.45, 2.75) is 32.1 Å². The first-order chi connectivity index (χ1) is 9.47. The summed E-state index contributed by atoms with van der Waals surface area (Å²) in [7, 11) is 0. The Morgan fingerprint density at radius 1 is 1.45 bits per heavy atom. The van der Waals surface area contributed by atoms with Crippen LogP contribution in [0.15, 0.2) is 17.5 Å². The largest absolute Gasteiger partial charge is 0.389 e. The van der Waals surface area contributed by atoms with E-state index >= 15 is 0 Å². The molecule has 1 aromatic heterocycles. The topological polar surface area (TPSA) is 72.8 Å². The van der Waals surface area contributed by atoms with Gasteiger partial charge in [0.1, 0.15) is 0 Å². The number of aliphatic hydroxyl groups is 2. The summed E-state index contributed by atoms with van der Waals surface area (Å²) >= 11 is 1.64. The van der Waals surface area contributed by atoms with Crippen molar-refractivity contribution in [1.82, 2.24) is 10.2 Å². The van der Waals surface area contributed by atoms with Crippen LogP contribution in [0.5, 0.6) is 0 Å². The number of likely N-dealkylation sites (tertiary alicyclic amines) is 1. The van der Waals surface area contributed by atoms with E-state index in [4.69, 9.17) is 0 Å². The smallest absolute Gasteiger partial charge is 0.234 e. The second kappa shape index (κ2) is 6.67. The fourth-order valence-electron chi connectivity index (χ4n) is 2.43. The number of carbonyl (C=O) groups is 1. The molecule has 5 nitrogen and oxygen atoms in total. The van der Waals surface area contributed by atoms with Crippen LogP contribution in [0.4, 0.5) is 0 Å². The summed E-state index contributed by atoms with van der Waals surface area (Å²) in [6.45, 7) is 5.06. The van der Waals surface area contributed by atoms with E-state index in [1.165, 1.54) is 0 Å². The molecule has 1 aromatic rings. The lowest BCUT2D eigenvalue weighted by molar-refractivity contribution is -0.123. The molecule has 0 radical (unpaired) electrons. The zero-order valence-electron chi connectivity index (χ0n) is 11.8. The number of aliphatic hydroxyl groups excluding tert-OH is 2. The molecule has 1 amide bonds. The predicted molar refractivity (Wildman–Crippen MR) is 78.5 cm³/mol. The van der Waals surface area contributed by atoms with Crippen LogP contribution in [-0.2, 0) is 4.79 Å². The minimum absolute atomic E-state index is 0.0138. The first kappa shape index (κ1) is 15.4. The third-order valence-electron chi connectivity index (χ3n) is 3.53. The van der Waals surface area contributed by atoms with E-state index in [-0.39, 0.29) is 18.5 Å². The van der Waals surface area contributed by atoms with E-state index in [1.807, 2.05) is 17.5 Å². The van der Waals surface area contributed by atoms with Gasteiger partial charge in [-0.25, -0.2) is 0 Å². The van der Waals surface area contributed by atoms with Crippen molar-refractivity contribution < 1.29 is 15.0 Å². The molecular weight excluding hydrogens is 276 g/mol. The molecule has 2 heterocycles. The Morgan fingerprint density at radius 3 is 2.60 bits per heavy atom. The van der Waals surface area contributed by atoms with E-state index in [9.17, 15) is 15.0 Å². The number of nitrogens with zero attached hydrogens (tertiary/aromatic N) is 1. The van der Waals surface area contributed by atoms with Crippen molar-refractivity contribution in [2.75, 3.05) is 19.6 Å². The number of amides is 1. The van der Waals surface area contributed by atoms with E-state index in [0.717, 1.165) is 4.88 Å². The van der Waals surface area contributed by atoms with Gasteiger partial charge in [0, 0.05) is 18.0 Å². The molecule has 20 heavy (non-hydrogen) atoms. The number of β-amino-alcohol motifs (C(OH)–C–C–N with tert-alkyl or cyclic N) is 2. The molecule has 2 rings (SSSR count). The van der Waals surface area contributed by atoms with E-state index in [1.54, 1.807) is 16.2 Å². The Balaban J connectivity index is 1.90. The summed E-state index contributed by atoms with van der Waals surface area (Å²) < 4.78 is 0. The van der Waals surface area contributed by atoms with Gasteiger partial charge >= 0.3 is 0 Å². The number of rotatable bonds is 5. The second-order valence-electron chi connectivity index (χ2n) is 5.63. The van der Waals surface area contributed by atoms with Crippen LogP contribution in [-0.4, -0.2) is 52.9 Å². The standard InChI is InChI=1S/C14H22N2O3S/c1-9(2)14(12-4-3-5-20-12)15-13(19)8-16-6-10(17)11(18)7-16/h3-5,9-11,14,17-18H,6-8H2,1-2H3,(H,15,19)/t10-,11+,14?. The lowest BCUT2D eigenvalue weighted by Gasteiger charge is -2.23. The van der Waals surface area contributed by atoms with Gasteiger partial charge in [-0.1, -0.05) is 19.9 Å². The number of thiophene rings is 1. The van der Waals surface area contributed by atoms with Crippen LogP contribution in [0.2, 0.25) is 0 Å². The van der Waals surface area contributed by atoms with Gasteiger partial charge in [-0.15, -0.1) is 11.3 Å². The quantitative estimate of drug-likeness (QED) is 0.744. The highest BCUT2D eigenvalue weighted by Crippen LogP contribution is 2.25. The molecule has 1 saturated heterocycles. The summed E-state index contributed by atoms with van der Waals surface area (Å²) in [4.78, 5) is 15.0. The van der Waals surface area contributed by atoms with Gasteiger partial charge in [-0.3, -0.25) is 9.69 Å². The van der Waals surface area contributed by atoms with Gasteiger partial charge in [0.15, 0.2) is 0 Å². The van der Waals surface area contributed by atoms with Crippen LogP contribution < -0.4 is 5.32 Å². The van der Waals surface area contributed by atoms with Crippen molar-refractivity contribution in [2.24, 2.45) is 5.92 Å². The fraction of sp³-hybridized carbons (Fsp3) is 0.643. The van der Waals surface area contributed by atoms with Gasteiger partial charge in [0.2, 0.25) is 5.91 Å². The van der Waals surface area contributed by atoms with Gasteiger partial charge in [0.25, 0.3) is 0 Å². The normalized spacial score (nSPS) is 25.1. The average Bonchev–Trinajstić information content (AvgIpc) is 2.97. The molecule has 0 saturated carbocycles. The SMILES string of the molecule is CC(C)C(NC(=O)CN1C[C@@H](O)[C@@H](O)C1)c1cccs1. The summed E-state index contributed by atoms with van der Waals surface area (Å²) in [5.74, 6) is 0.241. The summed E-state index contributed by atoms with van der Waals surface area (Å²) in [6, 6.07) is 4.02. The monoisotopic (exact) mass is 298 g/mol. The molecule has 112 valence electrons. The first-order valence-corrected chi connectivity index (χ1v) is 7.76. The Hall–Kier alpha value is -0.950. The lowest BCUT2D eigenvalue weighted by Crippen LogP contribution is -2.39. The van der Waals surface area contributed by atoms with Crippen LogP contribution in [0, 0.1) is 5.92 Å². The van der Waals surface area contributed by atoms with E-state index in [0.29, 0.717) is 19.0 Å². The van der Waals surface area contributed by atoms with Gasteiger partial charge in [-0.2, -0.15) is 0 Å². The molecule has 1 fully saturated rings. The maximum atomic E-state index is 12.1. The summed E-state index contributed by atoms with van der Waals surface area (Å²) in [5, 5.41) is 24.0. The molecule has 1 aliphatic heterocycles. The summed E-state index contributed by atoms with van der Waals surface area (Å²) in [6.07, 6.45) is -1.50. The van der Waals surface area contributed by atoms with Gasteiger partial charge in [-0.05, 0) is 17.4 Å². The molecule has 3 atom stereocenters. The van der Waals surface area contributed by atoms with Crippen molar-refractivity contribution in [1.29, 1.82) is 0 Å². The molecular formula is C14H22N2O3S. The Kier molecular flexibility index (Phi) is 5.15. The molecule has 0 aromatic carbocycles. The third-order valence-corrected chi connectivity index (χ3v) is 4.49. The van der Waals surface area contributed by atoms with Crippen LogP contribution in [0.1, 0.15) is 24.8 Å². The zero-order valence-corrected chi connectivity index (χ0v) is 12.6. The molecule has 1 unspecified atom stereocenters. The molecule has 1 aliphatic rings. The van der Waals surface area contributed by atoms with Crippen molar-refractivity contribution in [3.8, 4) is 0 Å². The highest BCUT2D eigenvalue weighted by molar-refractivity contribution is 7.10.